The molecule has 0 atom stereocenters. The molecule has 0 heterocycles. The minimum atomic E-state index is -4.50. The fourth-order valence-electron chi connectivity index (χ4n) is 2.51. The summed E-state index contributed by atoms with van der Waals surface area (Å²) in [5.74, 6) is -0.225. The number of nitro groups is 1. The number of carbonyl (C=O) groups excluding carboxylic acids is 1. The van der Waals surface area contributed by atoms with E-state index in [0.717, 1.165) is 12.1 Å². The SMILES string of the molecule is COc1ccc(CN(OCC(=O)OC(C)(C)C)S(=O)(=O)c2ccccc2[N+](=O)[O-])cc1. The smallest absolute Gasteiger partial charge is 0.334 e. The van der Waals surface area contributed by atoms with E-state index in [9.17, 15) is 23.3 Å². The molecule has 0 aliphatic carbocycles. The van der Waals surface area contributed by atoms with Crippen molar-refractivity contribution in [2.45, 2.75) is 37.8 Å². The summed E-state index contributed by atoms with van der Waals surface area (Å²) in [6, 6.07) is 11.4. The van der Waals surface area contributed by atoms with Crippen LogP contribution in [0.2, 0.25) is 0 Å². The molecule has 2 aromatic rings. The average Bonchev–Trinajstić information content (AvgIpc) is 2.70. The number of nitro benzene ring substituents is 1. The topological polar surface area (TPSA) is 125 Å². The second kappa shape index (κ2) is 9.86. The first-order valence-corrected chi connectivity index (χ1v) is 10.6. The van der Waals surface area contributed by atoms with Crippen molar-refractivity contribution in [3.63, 3.8) is 0 Å². The molecule has 11 heteroatoms. The van der Waals surface area contributed by atoms with E-state index in [1.165, 1.54) is 19.2 Å². The van der Waals surface area contributed by atoms with E-state index in [-0.39, 0.29) is 6.54 Å². The molecule has 0 N–H and O–H groups in total. The number of benzene rings is 2. The minimum Gasteiger partial charge on any atom is -0.497 e. The average molecular weight is 452 g/mol. The lowest BCUT2D eigenvalue weighted by Crippen LogP contribution is -2.35. The summed E-state index contributed by atoms with van der Waals surface area (Å²) >= 11 is 0. The maximum atomic E-state index is 13.2. The Balaban J connectivity index is 2.37. The molecule has 0 unspecified atom stereocenters. The van der Waals surface area contributed by atoms with Gasteiger partial charge < -0.3 is 9.47 Å². The molecule has 10 nitrogen and oxygen atoms in total. The van der Waals surface area contributed by atoms with E-state index >= 15 is 0 Å². The number of ether oxygens (including phenoxy) is 2. The van der Waals surface area contributed by atoms with Gasteiger partial charge in [0.25, 0.3) is 15.7 Å². The molecule has 0 fully saturated rings. The van der Waals surface area contributed by atoms with Crippen LogP contribution in [-0.4, -0.2) is 43.1 Å². The molecule has 0 bridgehead atoms. The molecule has 0 radical (unpaired) electrons. The third kappa shape index (κ3) is 6.74. The zero-order chi connectivity index (χ0) is 23.2. The zero-order valence-electron chi connectivity index (χ0n) is 17.6. The molecule has 0 aliphatic heterocycles. The van der Waals surface area contributed by atoms with Gasteiger partial charge in [0, 0.05) is 6.07 Å². The summed E-state index contributed by atoms with van der Waals surface area (Å²) in [4.78, 5) is 27.3. The van der Waals surface area contributed by atoms with Gasteiger partial charge in [-0.15, -0.1) is 0 Å². The molecule has 0 saturated heterocycles. The number of hydroxylamine groups is 1. The van der Waals surface area contributed by atoms with Crippen molar-refractivity contribution < 1.29 is 32.4 Å². The van der Waals surface area contributed by atoms with Gasteiger partial charge >= 0.3 is 5.97 Å². The van der Waals surface area contributed by atoms with Crippen LogP contribution in [0.4, 0.5) is 5.69 Å². The lowest BCUT2D eigenvalue weighted by atomic mass is 10.2. The Bertz CT molecular complexity index is 1030. The van der Waals surface area contributed by atoms with Crippen molar-refractivity contribution >= 4 is 21.7 Å². The third-order valence-corrected chi connectivity index (χ3v) is 5.50. The summed E-state index contributed by atoms with van der Waals surface area (Å²) in [6.45, 7) is 3.97. The summed E-state index contributed by atoms with van der Waals surface area (Å²) in [6.07, 6.45) is 0. The number of hydrogen-bond acceptors (Lipinski definition) is 8. The number of hydrogen-bond donors (Lipinski definition) is 0. The Morgan fingerprint density at radius 3 is 2.26 bits per heavy atom. The van der Waals surface area contributed by atoms with Gasteiger partial charge in [-0.05, 0) is 44.5 Å². The Kier molecular flexibility index (Phi) is 7.71. The van der Waals surface area contributed by atoms with Gasteiger partial charge in [0.2, 0.25) is 0 Å². The molecule has 168 valence electrons. The lowest BCUT2D eigenvalue weighted by molar-refractivity contribution is -0.387. The van der Waals surface area contributed by atoms with Gasteiger partial charge in [-0.1, -0.05) is 28.7 Å². The maximum absolute atomic E-state index is 13.2. The van der Waals surface area contributed by atoms with Crippen LogP contribution >= 0.6 is 0 Å². The molecule has 0 spiro atoms. The summed E-state index contributed by atoms with van der Waals surface area (Å²) in [7, 11) is -3.01. The Labute approximate surface area is 180 Å². The standard InChI is InChI=1S/C20H24N2O8S/c1-20(2,3)30-19(23)14-29-21(13-15-9-11-16(28-4)12-10-15)31(26,27)18-8-6-5-7-17(18)22(24)25/h5-12H,13-14H2,1-4H3. The first-order valence-electron chi connectivity index (χ1n) is 9.18. The normalized spacial score (nSPS) is 11.9. The van der Waals surface area contributed by atoms with Gasteiger partial charge in [0.05, 0.1) is 18.6 Å². The number of nitrogens with zero attached hydrogens (tertiary/aromatic N) is 2. The molecular formula is C20H24N2O8S. The van der Waals surface area contributed by atoms with Crippen molar-refractivity contribution in [2.24, 2.45) is 0 Å². The van der Waals surface area contributed by atoms with Gasteiger partial charge in [0.1, 0.15) is 11.4 Å². The molecule has 0 aliphatic rings. The van der Waals surface area contributed by atoms with Crippen LogP contribution in [0.5, 0.6) is 5.75 Å². The lowest BCUT2D eigenvalue weighted by Gasteiger charge is -2.23. The first kappa shape index (κ1) is 24.3. The molecule has 0 saturated carbocycles. The van der Waals surface area contributed by atoms with E-state index in [2.05, 4.69) is 0 Å². The van der Waals surface area contributed by atoms with Crippen LogP contribution in [0.1, 0.15) is 26.3 Å². The van der Waals surface area contributed by atoms with Crippen LogP contribution in [-0.2, 0) is 30.9 Å². The summed E-state index contributed by atoms with van der Waals surface area (Å²) in [5.41, 5.74) is -0.895. The highest BCUT2D eigenvalue weighted by atomic mass is 32.2. The van der Waals surface area contributed by atoms with E-state index in [0.29, 0.717) is 15.8 Å². The Morgan fingerprint density at radius 1 is 1.10 bits per heavy atom. The Hall–Kier alpha value is -3.02. The highest BCUT2D eigenvalue weighted by molar-refractivity contribution is 7.89. The van der Waals surface area contributed by atoms with Gasteiger partial charge in [-0.25, -0.2) is 13.2 Å². The quantitative estimate of drug-likeness (QED) is 0.323. The maximum Gasteiger partial charge on any atom is 0.334 e. The summed E-state index contributed by atoms with van der Waals surface area (Å²) in [5, 5.41) is 11.3. The van der Waals surface area contributed by atoms with Crippen molar-refractivity contribution in [3.8, 4) is 5.75 Å². The molecule has 0 aromatic heterocycles. The minimum absolute atomic E-state index is 0.304. The number of rotatable bonds is 9. The van der Waals surface area contributed by atoms with Crippen LogP contribution in [0.25, 0.3) is 0 Å². The molecule has 2 rings (SSSR count). The van der Waals surface area contributed by atoms with Gasteiger partial charge in [0.15, 0.2) is 11.5 Å². The monoisotopic (exact) mass is 452 g/mol. The van der Waals surface area contributed by atoms with Gasteiger partial charge in [-0.3, -0.25) is 15.0 Å². The first-order chi connectivity index (χ1) is 14.4. The fourth-order valence-corrected chi connectivity index (χ4v) is 3.90. The number of esters is 1. The Morgan fingerprint density at radius 2 is 1.71 bits per heavy atom. The number of para-hydroxylation sites is 1. The van der Waals surface area contributed by atoms with Crippen LogP contribution in [0.15, 0.2) is 53.4 Å². The fraction of sp³-hybridized carbons (Fsp3) is 0.350. The van der Waals surface area contributed by atoms with Crippen LogP contribution in [0, 0.1) is 10.1 Å². The van der Waals surface area contributed by atoms with Crippen LogP contribution < -0.4 is 4.74 Å². The zero-order valence-corrected chi connectivity index (χ0v) is 18.4. The second-order valence-electron chi connectivity index (χ2n) is 7.40. The second-order valence-corrected chi connectivity index (χ2v) is 9.20. The number of carbonyl (C=O) groups is 1. The molecular weight excluding hydrogens is 428 g/mol. The van der Waals surface area contributed by atoms with Crippen LogP contribution in [0.3, 0.4) is 0 Å². The van der Waals surface area contributed by atoms with E-state index in [1.807, 2.05) is 0 Å². The van der Waals surface area contributed by atoms with E-state index in [1.54, 1.807) is 45.0 Å². The molecule has 0 amide bonds. The van der Waals surface area contributed by atoms with Gasteiger partial charge in [-0.2, -0.15) is 0 Å². The van der Waals surface area contributed by atoms with E-state index in [4.69, 9.17) is 14.3 Å². The van der Waals surface area contributed by atoms with Crippen molar-refractivity contribution in [1.82, 2.24) is 4.47 Å². The third-order valence-electron chi connectivity index (χ3n) is 3.83. The predicted molar refractivity (Wildman–Crippen MR) is 111 cm³/mol. The van der Waals surface area contributed by atoms with Crippen molar-refractivity contribution in [3.05, 3.63) is 64.2 Å². The number of methoxy groups -OCH3 is 1. The van der Waals surface area contributed by atoms with Crippen molar-refractivity contribution in [2.75, 3.05) is 13.7 Å². The highest BCUT2D eigenvalue weighted by Gasteiger charge is 2.33. The predicted octanol–water partition coefficient (Wildman–Crippen LogP) is 3.07. The number of sulfonamides is 1. The largest absolute Gasteiger partial charge is 0.497 e. The molecule has 31 heavy (non-hydrogen) atoms. The molecule has 2 aromatic carbocycles. The van der Waals surface area contributed by atoms with E-state index < -0.39 is 43.7 Å². The summed E-state index contributed by atoms with van der Waals surface area (Å²) < 4.78 is 37.2. The van der Waals surface area contributed by atoms with Crippen molar-refractivity contribution in [1.29, 1.82) is 0 Å². The highest BCUT2D eigenvalue weighted by Crippen LogP contribution is 2.28.